The number of hydrogen-bond acceptors (Lipinski definition) is 2. The van der Waals surface area contributed by atoms with E-state index in [-0.39, 0.29) is 6.04 Å². The second-order valence-corrected chi connectivity index (χ2v) is 3.28. The largest absolute Gasteiger partial charge is 0.508 e. The fraction of sp³-hybridized carbons (Fsp3) is 0.400. The Hall–Kier alpha value is -1.02. The van der Waals surface area contributed by atoms with E-state index < -0.39 is 0 Å². The van der Waals surface area contributed by atoms with Crippen LogP contribution in [-0.2, 0) is 0 Å². The van der Waals surface area contributed by atoms with Crippen molar-refractivity contribution < 1.29 is 5.11 Å². The zero-order valence-electron chi connectivity index (χ0n) is 7.76. The van der Waals surface area contributed by atoms with Crippen LogP contribution in [0.4, 0.5) is 0 Å². The van der Waals surface area contributed by atoms with E-state index in [9.17, 15) is 5.11 Å². The number of aryl methyl sites for hydroxylation is 2. The molecule has 0 saturated carbocycles. The number of rotatable bonds is 1. The summed E-state index contributed by atoms with van der Waals surface area (Å²) in [7, 11) is 0. The van der Waals surface area contributed by atoms with Crippen molar-refractivity contribution in [3.8, 4) is 5.75 Å². The average Bonchev–Trinajstić information content (AvgIpc) is 1.96. The Labute approximate surface area is 73.0 Å². The molecular weight excluding hydrogens is 150 g/mol. The topological polar surface area (TPSA) is 46.2 Å². The molecule has 0 heterocycles. The van der Waals surface area contributed by atoms with Crippen molar-refractivity contribution in [2.75, 3.05) is 0 Å². The van der Waals surface area contributed by atoms with Crippen LogP contribution >= 0.6 is 0 Å². The van der Waals surface area contributed by atoms with Gasteiger partial charge in [-0.05, 0) is 43.5 Å². The van der Waals surface area contributed by atoms with E-state index >= 15 is 0 Å². The first-order valence-corrected chi connectivity index (χ1v) is 4.08. The highest BCUT2D eigenvalue weighted by Crippen LogP contribution is 2.24. The van der Waals surface area contributed by atoms with Crippen LogP contribution in [0.15, 0.2) is 12.1 Å². The molecule has 1 aromatic carbocycles. The van der Waals surface area contributed by atoms with Crippen molar-refractivity contribution in [1.29, 1.82) is 0 Å². The van der Waals surface area contributed by atoms with Gasteiger partial charge in [0.25, 0.3) is 0 Å². The van der Waals surface area contributed by atoms with Gasteiger partial charge in [0.1, 0.15) is 5.75 Å². The lowest BCUT2D eigenvalue weighted by Gasteiger charge is -2.11. The second-order valence-electron chi connectivity index (χ2n) is 3.28. The van der Waals surface area contributed by atoms with Crippen LogP contribution in [0.5, 0.6) is 5.75 Å². The zero-order chi connectivity index (χ0) is 9.30. The third-order valence-corrected chi connectivity index (χ3v) is 2.08. The van der Waals surface area contributed by atoms with Crippen LogP contribution in [0.25, 0.3) is 0 Å². The molecule has 2 heteroatoms. The minimum Gasteiger partial charge on any atom is -0.508 e. The van der Waals surface area contributed by atoms with E-state index in [0.717, 1.165) is 16.7 Å². The van der Waals surface area contributed by atoms with Gasteiger partial charge < -0.3 is 10.8 Å². The number of nitrogens with two attached hydrogens (primary N) is 1. The van der Waals surface area contributed by atoms with Crippen molar-refractivity contribution in [1.82, 2.24) is 0 Å². The summed E-state index contributed by atoms with van der Waals surface area (Å²) in [6.07, 6.45) is 0. The number of aromatic hydroxyl groups is 1. The summed E-state index contributed by atoms with van der Waals surface area (Å²) in [6, 6.07) is 3.73. The quantitative estimate of drug-likeness (QED) is 0.668. The molecule has 0 aromatic heterocycles. The number of phenolic OH excluding ortho intramolecular Hbond substituents is 1. The molecule has 0 aliphatic carbocycles. The van der Waals surface area contributed by atoms with Crippen LogP contribution in [0.2, 0.25) is 0 Å². The molecule has 66 valence electrons. The molecule has 1 rings (SSSR count). The summed E-state index contributed by atoms with van der Waals surface area (Å²) >= 11 is 0. The van der Waals surface area contributed by atoms with Crippen molar-refractivity contribution in [3.05, 3.63) is 28.8 Å². The van der Waals surface area contributed by atoms with E-state index in [4.69, 9.17) is 5.73 Å². The van der Waals surface area contributed by atoms with Gasteiger partial charge in [0.2, 0.25) is 0 Å². The molecule has 1 unspecified atom stereocenters. The lowest BCUT2D eigenvalue weighted by Crippen LogP contribution is -2.07. The third-order valence-electron chi connectivity index (χ3n) is 2.08. The Morgan fingerprint density at radius 3 is 2.33 bits per heavy atom. The molecule has 0 bridgehead atoms. The Morgan fingerprint density at radius 2 is 1.83 bits per heavy atom. The highest BCUT2D eigenvalue weighted by atomic mass is 16.3. The molecule has 0 amide bonds. The fourth-order valence-corrected chi connectivity index (χ4v) is 1.31. The van der Waals surface area contributed by atoms with Crippen molar-refractivity contribution in [2.24, 2.45) is 5.73 Å². The summed E-state index contributed by atoms with van der Waals surface area (Å²) < 4.78 is 0. The van der Waals surface area contributed by atoms with Gasteiger partial charge in [0.15, 0.2) is 0 Å². The fourth-order valence-electron chi connectivity index (χ4n) is 1.31. The normalized spacial score (nSPS) is 13.0. The first-order chi connectivity index (χ1) is 5.52. The third kappa shape index (κ3) is 1.59. The smallest absolute Gasteiger partial charge is 0.118 e. The Kier molecular flexibility index (Phi) is 2.38. The van der Waals surface area contributed by atoms with Gasteiger partial charge in [0, 0.05) is 6.04 Å². The molecule has 2 nitrogen and oxygen atoms in total. The number of hydrogen-bond donors (Lipinski definition) is 2. The molecule has 3 N–H and O–H groups in total. The highest BCUT2D eigenvalue weighted by Gasteiger charge is 2.06. The van der Waals surface area contributed by atoms with E-state index in [2.05, 4.69) is 0 Å². The standard InChI is InChI=1S/C10H15NO/c1-6-5-10(12)7(2)4-9(6)8(3)11/h4-5,8,12H,11H2,1-3H3. The van der Waals surface area contributed by atoms with E-state index in [1.165, 1.54) is 0 Å². The van der Waals surface area contributed by atoms with E-state index in [1.807, 2.05) is 26.8 Å². The summed E-state index contributed by atoms with van der Waals surface area (Å²) in [6.45, 7) is 5.78. The van der Waals surface area contributed by atoms with Gasteiger partial charge in [-0.1, -0.05) is 6.07 Å². The molecular formula is C10H15NO. The predicted molar refractivity (Wildman–Crippen MR) is 50.2 cm³/mol. The van der Waals surface area contributed by atoms with Crippen LogP contribution in [-0.4, -0.2) is 5.11 Å². The van der Waals surface area contributed by atoms with Crippen molar-refractivity contribution in [3.63, 3.8) is 0 Å². The first kappa shape index (κ1) is 9.07. The Morgan fingerprint density at radius 1 is 1.25 bits per heavy atom. The van der Waals surface area contributed by atoms with Gasteiger partial charge in [-0.3, -0.25) is 0 Å². The highest BCUT2D eigenvalue weighted by molar-refractivity contribution is 5.41. The maximum absolute atomic E-state index is 9.37. The Balaban J connectivity index is 3.23. The summed E-state index contributed by atoms with van der Waals surface area (Å²) in [5.74, 6) is 0.344. The van der Waals surface area contributed by atoms with Crippen LogP contribution in [0, 0.1) is 13.8 Å². The maximum Gasteiger partial charge on any atom is 0.118 e. The maximum atomic E-state index is 9.37. The SMILES string of the molecule is Cc1cc(C(C)N)c(C)cc1O. The van der Waals surface area contributed by atoms with Gasteiger partial charge in [0.05, 0.1) is 0 Å². The van der Waals surface area contributed by atoms with Crippen molar-refractivity contribution in [2.45, 2.75) is 26.8 Å². The van der Waals surface area contributed by atoms with Crippen LogP contribution in [0.3, 0.4) is 0 Å². The molecule has 0 spiro atoms. The van der Waals surface area contributed by atoms with E-state index in [0.29, 0.717) is 5.75 Å². The molecule has 0 radical (unpaired) electrons. The monoisotopic (exact) mass is 165 g/mol. The molecule has 0 fully saturated rings. The second kappa shape index (κ2) is 3.15. The molecule has 1 atom stereocenters. The number of phenols is 1. The zero-order valence-corrected chi connectivity index (χ0v) is 7.76. The summed E-state index contributed by atoms with van der Waals surface area (Å²) in [5, 5.41) is 9.37. The minimum absolute atomic E-state index is 0.0318. The molecule has 0 aliphatic heterocycles. The van der Waals surface area contributed by atoms with Gasteiger partial charge >= 0.3 is 0 Å². The lowest BCUT2D eigenvalue weighted by atomic mass is 10.00. The van der Waals surface area contributed by atoms with Crippen LogP contribution < -0.4 is 5.73 Å². The van der Waals surface area contributed by atoms with Gasteiger partial charge in [-0.15, -0.1) is 0 Å². The molecule has 1 aromatic rings. The first-order valence-electron chi connectivity index (χ1n) is 4.08. The van der Waals surface area contributed by atoms with E-state index in [1.54, 1.807) is 6.07 Å². The lowest BCUT2D eigenvalue weighted by molar-refractivity contribution is 0.470. The van der Waals surface area contributed by atoms with Crippen LogP contribution in [0.1, 0.15) is 29.7 Å². The molecule has 0 saturated heterocycles. The minimum atomic E-state index is 0.0318. The average molecular weight is 165 g/mol. The van der Waals surface area contributed by atoms with Gasteiger partial charge in [-0.2, -0.15) is 0 Å². The van der Waals surface area contributed by atoms with Crippen molar-refractivity contribution >= 4 is 0 Å². The molecule has 0 aliphatic rings. The molecule has 12 heavy (non-hydrogen) atoms. The number of benzene rings is 1. The summed E-state index contributed by atoms with van der Waals surface area (Å²) in [4.78, 5) is 0. The summed E-state index contributed by atoms with van der Waals surface area (Å²) in [5.41, 5.74) is 8.79. The predicted octanol–water partition coefficient (Wildman–Crippen LogP) is 2.03. The Bertz CT molecular complexity index is 292. The van der Waals surface area contributed by atoms with Gasteiger partial charge in [-0.25, -0.2) is 0 Å².